The van der Waals surface area contributed by atoms with Gasteiger partial charge in [-0.2, -0.15) is 0 Å². The van der Waals surface area contributed by atoms with Gasteiger partial charge in [-0.15, -0.1) is 0 Å². The molecular formula is C102H60N12. The van der Waals surface area contributed by atoms with Crippen LogP contribution in [0.1, 0.15) is 0 Å². The highest BCUT2D eigenvalue weighted by molar-refractivity contribution is 6.11. The van der Waals surface area contributed by atoms with Crippen LogP contribution in [0.3, 0.4) is 0 Å². The van der Waals surface area contributed by atoms with E-state index >= 15 is 0 Å². The first-order valence-corrected chi connectivity index (χ1v) is 37.9. The van der Waals surface area contributed by atoms with Crippen LogP contribution in [0.25, 0.3) is 232 Å². The molecule has 0 saturated heterocycles. The molecule has 0 aliphatic rings. The number of aromatic nitrogens is 12. The van der Waals surface area contributed by atoms with Gasteiger partial charge < -0.3 is 0 Å². The minimum absolute atomic E-state index is 0.884. The van der Waals surface area contributed by atoms with Crippen molar-refractivity contribution in [1.82, 2.24) is 59.8 Å². The number of hydrogen-bond acceptors (Lipinski definition) is 12. The number of nitrogens with zero attached hydrogens (tertiary/aromatic N) is 12. The standard InChI is InChI=1S/C54H32N6.C48H28N6/c1-2-5-33(6-3-1)46-23-18-38-13-14-39-19-24-47(60-53(39)52(38)59-46)35-10-8-34(9-11-35)45-26-21-42-31-40(20-25-48(42)57-45)41-15-12-36-17-27-49(58-50(36)32-41)43-28-30-56-54-44(43)22-16-37-7-4-29-55-51(37)54;1-3-32-11-16-39-37(21-25-51-47(39)45(32)49-23-1)29-5-7-30(8-6-29)41-19-15-36-27-34(14-18-42(36)53-41)35-10-9-31-13-20-43(54-44(31)28-35)38-22-26-52-48-40(38)17-12-33-4-2-24-50-46(33)48/h1-32H;1-28H. The van der Waals surface area contributed by atoms with Crippen molar-refractivity contribution >= 4 is 131 Å². The molecule has 0 radical (unpaired) electrons. The van der Waals surface area contributed by atoms with Gasteiger partial charge in [-0.25, -0.2) is 29.9 Å². The summed E-state index contributed by atoms with van der Waals surface area (Å²) in [6, 6.07) is 114. The van der Waals surface area contributed by atoms with Gasteiger partial charge in [-0.05, 0) is 143 Å². The Kier molecular flexibility index (Phi) is 15.6. The quantitative estimate of drug-likeness (QED) is 0.126. The minimum Gasteiger partial charge on any atom is -0.254 e. The lowest BCUT2D eigenvalue weighted by Crippen LogP contribution is -1.91. The largest absolute Gasteiger partial charge is 0.254 e. The van der Waals surface area contributed by atoms with Gasteiger partial charge in [0.05, 0.1) is 100 Å². The van der Waals surface area contributed by atoms with E-state index in [1.54, 1.807) is 0 Å². The molecule has 12 heterocycles. The molecule has 0 aliphatic carbocycles. The molecule has 528 valence electrons. The average Bonchev–Trinajstić information content (AvgIpc) is 0.844. The van der Waals surface area contributed by atoms with Crippen LogP contribution in [0.5, 0.6) is 0 Å². The maximum Gasteiger partial charge on any atom is 0.0972 e. The second-order valence-electron chi connectivity index (χ2n) is 28.7. The van der Waals surface area contributed by atoms with Crippen LogP contribution in [0.15, 0.2) is 365 Å². The van der Waals surface area contributed by atoms with Gasteiger partial charge in [-0.1, -0.05) is 218 Å². The Morgan fingerprint density at radius 2 is 0.439 bits per heavy atom. The third-order valence-corrected chi connectivity index (χ3v) is 22.0. The lowest BCUT2D eigenvalue weighted by Gasteiger charge is -2.10. The highest BCUT2D eigenvalue weighted by Crippen LogP contribution is 2.39. The Hall–Kier alpha value is -15.7. The molecule has 0 aliphatic heterocycles. The van der Waals surface area contributed by atoms with E-state index in [4.69, 9.17) is 39.9 Å². The van der Waals surface area contributed by atoms with Crippen LogP contribution in [-0.4, -0.2) is 59.8 Å². The minimum atomic E-state index is 0.884. The van der Waals surface area contributed by atoms with Gasteiger partial charge in [0.1, 0.15) is 0 Å². The van der Waals surface area contributed by atoms with Crippen LogP contribution in [0.4, 0.5) is 0 Å². The van der Waals surface area contributed by atoms with Crippen LogP contribution < -0.4 is 0 Å². The molecule has 12 aromatic heterocycles. The van der Waals surface area contributed by atoms with Crippen LogP contribution >= 0.6 is 0 Å². The van der Waals surface area contributed by atoms with E-state index in [9.17, 15) is 0 Å². The highest BCUT2D eigenvalue weighted by Gasteiger charge is 2.18. The highest BCUT2D eigenvalue weighted by atomic mass is 14.8. The van der Waals surface area contributed by atoms with Crippen molar-refractivity contribution in [2.75, 3.05) is 0 Å². The monoisotopic (exact) mass is 1450 g/mol. The first-order valence-electron chi connectivity index (χ1n) is 37.9. The number of benzene rings is 11. The molecule has 12 nitrogen and oxygen atoms in total. The number of fused-ring (bicyclic) bond motifs is 16. The van der Waals surface area contributed by atoms with Crippen LogP contribution in [0, 0.1) is 0 Å². The summed E-state index contributed by atoms with van der Waals surface area (Å²) in [5, 5.41) is 12.9. The van der Waals surface area contributed by atoms with Crippen molar-refractivity contribution in [1.29, 1.82) is 0 Å². The Balaban J connectivity index is 0.000000140. The fourth-order valence-corrected chi connectivity index (χ4v) is 16.1. The van der Waals surface area contributed by atoms with E-state index in [1.165, 1.54) is 0 Å². The molecule has 11 aromatic carbocycles. The van der Waals surface area contributed by atoms with E-state index in [0.717, 1.165) is 232 Å². The van der Waals surface area contributed by atoms with Crippen molar-refractivity contribution in [3.05, 3.63) is 365 Å². The van der Waals surface area contributed by atoms with Crippen molar-refractivity contribution in [3.8, 4) is 101 Å². The molecule has 0 fully saturated rings. The first-order chi connectivity index (χ1) is 56.4. The third kappa shape index (κ3) is 11.7. The van der Waals surface area contributed by atoms with E-state index in [1.807, 2.05) is 85.7 Å². The summed E-state index contributed by atoms with van der Waals surface area (Å²) in [7, 11) is 0. The summed E-state index contributed by atoms with van der Waals surface area (Å²) in [6.07, 6.45) is 11.0. The van der Waals surface area contributed by atoms with Gasteiger partial charge in [-0.3, -0.25) is 29.9 Å². The summed E-state index contributed by atoms with van der Waals surface area (Å²) >= 11 is 0. The molecule has 0 N–H and O–H groups in total. The smallest absolute Gasteiger partial charge is 0.0972 e. The van der Waals surface area contributed by atoms with Crippen molar-refractivity contribution in [2.24, 2.45) is 0 Å². The Bertz CT molecular complexity index is 7870. The second-order valence-corrected chi connectivity index (χ2v) is 28.7. The van der Waals surface area contributed by atoms with Crippen molar-refractivity contribution in [3.63, 3.8) is 0 Å². The van der Waals surface area contributed by atoms with Gasteiger partial charge in [0.2, 0.25) is 0 Å². The summed E-state index contributed by atoms with van der Waals surface area (Å²) in [4.78, 5) is 58.6. The number of hydrogen-bond donors (Lipinski definition) is 0. The predicted molar refractivity (Wildman–Crippen MR) is 465 cm³/mol. The van der Waals surface area contributed by atoms with Crippen LogP contribution in [0.2, 0.25) is 0 Å². The maximum atomic E-state index is 5.17. The third-order valence-electron chi connectivity index (χ3n) is 22.0. The molecular weight excluding hydrogens is 1390 g/mol. The molecule has 0 spiro atoms. The second kappa shape index (κ2) is 27.2. The average molecular weight is 1450 g/mol. The molecule has 0 amide bonds. The zero-order chi connectivity index (χ0) is 75.2. The lowest BCUT2D eigenvalue weighted by molar-refractivity contribution is 1.36. The van der Waals surface area contributed by atoms with E-state index < -0.39 is 0 Å². The topological polar surface area (TPSA) is 155 Å². The van der Waals surface area contributed by atoms with E-state index in [-0.39, 0.29) is 0 Å². The summed E-state index contributed by atoms with van der Waals surface area (Å²) in [6.45, 7) is 0. The molecule has 0 bridgehead atoms. The van der Waals surface area contributed by atoms with Crippen molar-refractivity contribution in [2.45, 2.75) is 0 Å². The fourth-order valence-electron chi connectivity index (χ4n) is 16.1. The molecule has 23 aromatic rings. The molecule has 23 rings (SSSR count). The first kappa shape index (κ1) is 65.4. The molecule has 12 heteroatoms. The zero-order valence-electron chi connectivity index (χ0n) is 61.0. The van der Waals surface area contributed by atoms with Crippen molar-refractivity contribution < 1.29 is 0 Å². The number of pyridine rings is 12. The normalized spacial score (nSPS) is 11.7. The predicted octanol–water partition coefficient (Wildman–Crippen LogP) is 25.0. The van der Waals surface area contributed by atoms with Gasteiger partial charge in [0.15, 0.2) is 0 Å². The van der Waals surface area contributed by atoms with Gasteiger partial charge in [0, 0.05) is 135 Å². The summed E-state index contributed by atoms with van der Waals surface area (Å²) in [5.74, 6) is 0. The maximum absolute atomic E-state index is 5.17. The van der Waals surface area contributed by atoms with E-state index in [0.29, 0.717) is 0 Å². The molecule has 0 saturated carbocycles. The Labute approximate surface area is 652 Å². The SMILES string of the molecule is c1ccc(-c2ccc3ccc4ccc(-c5ccc(-c6ccc7cc(-c8ccc9ccc(-c%10ccnc%11c%10ccc%10cccnc%10%11)nc9c8)ccc7n6)cc5)nc4c3n2)cc1.c1cnc2c(c1)ccc1c(-c3ccc(-c4ccc5cc(-c6ccc7ccc(-c8ccnc9c8ccc8cccnc89)nc7c6)ccc5n4)cc3)ccnc12. The zero-order valence-corrected chi connectivity index (χ0v) is 61.0. The molecule has 0 unspecified atom stereocenters. The number of rotatable bonds is 9. The van der Waals surface area contributed by atoms with E-state index in [2.05, 4.69) is 299 Å². The van der Waals surface area contributed by atoms with Crippen LogP contribution in [-0.2, 0) is 0 Å². The molecule has 114 heavy (non-hydrogen) atoms. The van der Waals surface area contributed by atoms with Gasteiger partial charge >= 0.3 is 0 Å². The molecule has 0 atom stereocenters. The summed E-state index contributed by atoms with van der Waals surface area (Å²) in [5.41, 5.74) is 29.5. The van der Waals surface area contributed by atoms with Gasteiger partial charge in [0.25, 0.3) is 0 Å². The Morgan fingerprint density at radius 3 is 0.886 bits per heavy atom. The lowest BCUT2D eigenvalue weighted by atomic mass is 9.98. The summed E-state index contributed by atoms with van der Waals surface area (Å²) < 4.78 is 0. The fraction of sp³-hybridized carbons (Fsp3) is 0. The Morgan fingerprint density at radius 1 is 0.140 bits per heavy atom.